The van der Waals surface area contributed by atoms with Gasteiger partial charge in [0.05, 0.1) is 15.9 Å². The predicted octanol–water partition coefficient (Wildman–Crippen LogP) is 3.40. The van der Waals surface area contributed by atoms with Crippen LogP contribution in [0.25, 0.3) is 11.0 Å². The lowest BCUT2D eigenvalue weighted by Crippen LogP contribution is -2.30. The Balaban J connectivity index is 1.86. The molecule has 2 aromatic carbocycles. The highest BCUT2D eigenvalue weighted by Crippen LogP contribution is 2.21. The van der Waals surface area contributed by atoms with Gasteiger partial charge in [-0.05, 0) is 57.5 Å². The molecule has 0 saturated carbocycles. The molecule has 31 heavy (non-hydrogen) atoms. The van der Waals surface area contributed by atoms with Crippen LogP contribution in [-0.4, -0.2) is 43.1 Å². The largest absolute Gasteiger partial charge is 0.382 e. The Morgan fingerprint density at radius 2 is 1.94 bits per heavy atom. The zero-order valence-corrected chi connectivity index (χ0v) is 18.8. The topological polar surface area (TPSA) is 102 Å². The lowest BCUT2D eigenvalue weighted by Gasteiger charge is -2.12. The highest BCUT2D eigenvalue weighted by atomic mass is 32.2. The molecule has 0 fully saturated rings. The van der Waals surface area contributed by atoms with Crippen molar-refractivity contribution in [2.75, 3.05) is 18.5 Å². The van der Waals surface area contributed by atoms with Gasteiger partial charge in [0.2, 0.25) is 16.0 Å². The molecule has 3 rings (SSSR count). The first-order valence-electron chi connectivity index (χ1n) is 10.3. The van der Waals surface area contributed by atoms with E-state index in [1.807, 2.05) is 35.8 Å². The molecule has 0 radical (unpaired) electrons. The van der Waals surface area contributed by atoms with Crippen LogP contribution in [0.1, 0.15) is 37.6 Å². The lowest BCUT2D eigenvalue weighted by molar-refractivity contribution is 0.102. The molecule has 0 aliphatic rings. The number of fused-ring (bicyclic) bond motifs is 1. The second-order valence-corrected chi connectivity index (χ2v) is 9.10. The number of anilines is 1. The average Bonchev–Trinajstić information content (AvgIpc) is 3.07. The Labute approximate surface area is 182 Å². The van der Waals surface area contributed by atoms with Gasteiger partial charge in [0.1, 0.15) is 0 Å². The van der Waals surface area contributed by atoms with Crippen molar-refractivity contribution in [3.63, 3.8) is 0 Å². The molecule has 9 heteroatoms. The summed E-state index contributed by atoms with van der Waals surface area (Å²) in [7, 11) is -3.70. The van der Waals surface area contributed by atoms with Gasteiger partial charge in [-0.3, -0.25) is 10.1 Å². The predicted molar refractivity (Wildman–Crippen MR) is 121 cm³/mol. The first-order chi connectivity index (χ1) is 14.8. The Morgan fingerprint density at radius 1 is 1.16 bits per heavy atom. The molecule has 0 aliphatic carbocycles. The lowest BCUT2D eigenvalue weighted by atomic mass is 10.2. The van der Waals surface area contributed by atoms with Gasteiger partial charge in [0, 0.05) is 31.4 Å². The molecule has 3 aromatic rings. The Bertz CT molecular complexity index is 1160. The van der Waals surface area contributed by atoms with Crippen LogP contribution < -0.4 is 10.0 Å². The maximum absolute atomic E-state index is 12.9. The molecule has 0 atom stereocenters. The first-order valence-corrected chi connectivity index (χ1v) is 11.8. The number of nitrogens with one attached hydrogen (secondary N) is 2. The molecule has 166 valence electrons. The summed E-state index contributed by atoms with van der Waals surface area (Å²) in [4.78, 5) is 17.5. The molecular formula is C22H28N4O4S. The molecule has 0 saturated heterocycles. The third-order valence-electron chi connectivity index (χ3n) is 4.55. The number of aromatic nitrogens is 2. The minimum Gasteiger partial charge on any atom is -0.382 e. The van der Waals surface area contributed by atoms with E-state index >= 15 is 0 Å². The number of sulfonamides is 1. The Hall–Kier alpha value is -2.75. The number of carbonyl (C=O) groups is 1. The summed E-state index contributed by atoms with van der Waals surface area (Å²) in [5.41, 5.74) is 1.91. The number of nitrogens with zero attached hydrogens (tertiary/aromatic N) is 2. The van der Waals surface area contributed by atoms with Crippen LogP contribution in [0.3, 0.4) is 0 Å². The summed E-state index contributed by atoms with van der Waals surface area (Å²) >= 11 is 0. The number of hydrogen-bond donors (Lipinski definition) is 2. The van der Waals surface area contributed by atoms with Crippen molar-refractivity contribution in [3.8, 4) is 0 Å². The van der Waals surface area contributed by atoms with Crippen LogP contribution in [0.4, 0.5) is 5.95 Å². The standard InChI is InChI=1S/C22H28N4O4S/c1-4-30-14-8-13-26-20-12-6-5-11-19(20)23-22(26)24-21(27)17-9-7-10-18(15-17)31(28,29)25-16(2)3/h5-7,9-12,15-16,25H,4,8,13-14H2,1-3H3,(H,23,24,27). The number of imidazole rings is 1. The number of amides is 1. The third-order valence-corrected chi connectivity index (χ3v) is 6.21. The highest BCUT2D eigenvalue weighted by Gasteiger charge is 2.19. The second-order valence-electron chi connectivity index (χ2n) is 7.38. The van der Waals surface area contributed by atoms with E-state index < -0.39 is 15.9 Å². The van der Waals surface area contributed by atoms with Gasteiger partial charge in [-0.1, -0.05) is 18.2 Å². The van der Waals surface area contributed by atoms with E-state index in [1.165, 1.54) is 12.1 Å². The zero-order chi connectivity index (χ0) is 22.4. The highest BCUT2D eigenvalue weighted by molar-refractivity contribution is 7.89. The van der Waals surface area contributed by atoms with Crippen molar-refractivity contribution >= 4 is 32.9 Å². The van der Waals surface area contributed by atoms with Crippen LogP contribution >= 0.6 is 0 Å². The maximum atomic E-state index is 12.9. The second kappa shape index (κ2) is 10.0. The van der Waals surface area contributed by atoms with E-state index in [9.17, 15) is 13.2 Å². The Kier molecular flexibility index (Phi) is 7.42. The fourth-order valence-corrected chi connectivity index (χ4v) is 4.52. The van der Waals surface area contributed by atoms with Crippen LogP contribution in [-0.2, 0) is 21.3 Å². The fraction of sp³-hybridized carbons (Fsp3) is 0.364. The number of aryl methyl sites for hydroxylation is 1. The van der Waals surface area contributed by atoms with Gasteiger partial charge in [-0.25, -0.2) is 18.1 Å². The minimum absolute atomic E-state index is 0.0408. The Morgan fingerprint density at radius 3 is 2.68 bits per heavy atom. The molecular weight excluding hydrogens is 416 g/mol. The van der Waals surface area contributed by atoms with E-state index in [1.54, 1.807) is 26.0 Å². The van der Waals surface area contributed by atoms with Crippen molar-refractivity contribution < 1.29 is 17.9 Å². The summed E-state index contributed by atoms with van der Waals surface area (Å²) in [6, 6.07) is 13.3. The van der Waals surface area contributed by atoms with Gasteiger partial charge in [0.15, 0.2) is 0 Å². The van der Waals surface area contributed by atoms with Crippen LogP contribution in [0.2, 0.25) is 0 Å². The minimum atomic E-state index is -3.70. The molecule has 0 aliphatic heterocycles. The number of hydrogen-bond acceptors (Lipinski definition) is 5. The normalized spacial score (nSPS) is 11.9. The van der Waals surface area contributed by atoms with Gasteiger partial charge in [0.25, 0.3) is 5.91 Å². The monoisotopic (exact) mass is 444 g/mol. The van der Waals surface area contributed by atoms with Gasteiger partial charge < -0.3 is 9.30 Å². The summed E-state index contributed by atoms with van der Waals surface area (Å²) in [6.45, 7) is 7.32. The van der Waals surface area contributed by atoms with E-state index in [-0.39, 0.29) is 16.5 Å². The quantitative estimate of drug-likeness (QED) is 0.467. The molecule has 0 spiro atoms. The third kappa shape index (κ3) is 5.69. The van der Waals surface area contributed by atoms with E-state index in [0.717, 1.165) is 17.5 Å². The van der Waals surface area contributed by atoms with E-state index in [2.05, 4.69) is 15.0 Å². The van der Waals surface area contributed by atoms with Gasteiger partial charge >= 0.3 is 0 Å². The number of ether oxygens (including phenoxy) is 1. The van der Waals surface area contributed by atoms with Gasteiger partial charge in [-0.15, -0.1) is 0 Å². The fourth-order valence-electron chi connectivity index (χ4n) is 3.22. The molecule has 2 N–H and O–H groups in total. The molecule has 1 amide bonds. The zero-order valence-electron chi connectivity index (χ0n) is 18.0. The number of rotatable bonds is 10. The van der Waals surface area contributed by atoms with E-state index in [4.69, 9.17) is 4.74 Å². The van der Waals surface area contributed by atoms with Crippen molar-refractivity contribution in [1.82, 2.24) is 14.3 Å². The summed E-state index contributed by atoms with van der Waals surface area (Å²) in [5.74, 6) is -0.0146. The number of para-hydroxylation sites is 2. The first kappa shape index (κ1) is 22.9. The molecule has 1 heterocycles. The molecule has 1 aromatic heterocycles. The number of carbonyl (C=O) groups excluding carboxylic acids is 1. The summed E-state index contributed by atoms with van der Waals surface area (Å²) in [6.07, 6.45) is 0.770. The van der Waals surface area contributed by atoms with E-state index in [0.29, 0.717) is 25.7 Å². The summed E-state index contributed by atoms with van der Waals surface area (Å²) < 4.78 is 34.8. The SMILES string of the molecule is CCOCCCn1c(NC(=O)c2cccc(S(=O)(=O)NC(C)C)c2)nc2ccccc21. The van der Waals surface area contributed by atoms with Crippen molar-refractivity contribution in [3.05, 3.63) is 54.1 Å². The van der Waals surface area contributed by atoms with Crippen LogP contribution in [0.15, 0.2) is 53.4 Å². The van der Waals surface area contributed by atoms with Crippen LogP contribution in [0.5, 0.6) is 0 Å². The van der Waals surface area contributed by atoms with Crippen molar-refractivity contribution in [2.45, 2.75) is 44.7 Å². The average molecular weight is 445 g/mol. The molecule has 0 unspecified atom stereocenters. The number of benzene rings is 2. The van der Waals surface area contributed by atoms with Crippen molar-refractivity contribution in [1.29, 1.82) is 0 Å². The summed E-state index contributed by atoms with van der Waals surface area (Å²) in [5, 5.41) is 2.83. The van der Waals surface area contributed by atoms with Crippen LogP contribution in [0, 0.1) is 0 Å². The maximum Gasteiger partial charge on any atom is 0.258 e. The molecule has 8 nitrogen and oxygen atoms in total. The smallest absolute Gasteiger partial charge is 0.258 e. The van der Waals surface area contributed by atoms with Gasteiger partial charge in [-0.2, -0.15) is 0 Å². The van der Waals surface area contributed by atoms with Crippen molar-refractivity contribution in [2.24, 2.45) is 0 Å². The molecule has 0 bridgehead atoms.